The highest BCUT2D eigenvalue weighted by Gasteiger charge is 2.23. The summed E-state index contributed by atoms with van der Waals surface area (Å²) >= 11 is 6.17. The van der Waals surface area contributed by atoms with E-state index in [1.165, 1.54) is 12.8 Å². The third-order valence-electron chi connectivity index (χ3n) is 4.81. The fourth-order valence-electron chi connectivity index (χ4n) is 3.40. The molecule has 0 radical (unpaired) electrons. The lowest BCUT2D eigenvalue weighted by atomic mass is 10.1. The Morgan fingerprint density at radius 3 is 2.74 bits per heavy atom. The lowest BCUT2D eigenvalue weighted by Crippen LogP contribution is -2.36. The molecule has 0 aliphatic carbocycles. The topological polar surface area (TPSA) is 41.6 Å². The van der Waals surface area contributed by atoms with E-state index in [-0.39, 0.29) is 11.9 Å². The number of nitrogens with one attached hydrogen (secondary N) is 1. The number of nitrogens with zero attached hydrogens (tertiary/aromatic N) is 1. The Bertz CT molecular complexity index is 800. The van der Waals surface area contributed by atoms with E-state index < -0.39 is 0 Å². The average molecular weight is 385 g/mol. The molecule has 0 bridgehead atoms. The van der Waals surface area contributed by atoms with Gasteiger partial charge in [0.25, 0.3) is 0 Å². The van der Waals surface area contributed by atoms with E-state index in [1.807, 2.05) is 42.5 Å². The predicted octanol–water partition coefficient (Wildman–Crippen LogP) is 4.32. The van der Waals surface area contributed by atoms with Crippen LogP contribution in [0.2, 0.25) is 5.02 Å². The Hall–Kier alpha value is -2.30. The predicted molar refractivity (Wildman–Crippen MR) is 110 cm³/mol. The van der Waals surface area contributed by atoms with Gasteiger partial charge in [0.15, 0.2) is 0 Å². The van der Waals surface area contributed by atoms with Crippen LogP contribution in [0.5, 0.6) is 5.75 Å². The van der Waals surface area contributed by atoms with Gasteiger partial charge in [0, 0.05) is 17.6 Å². The average Bonchev–Trinajstić information content (AvgIpc) is 3.21. The number of carbonyl (C=O) groups excluding carboxylic acids is 1. The first kappa shape index (κ1) is 19.5. The van der Waals surface area contributed by atoms with Crippen molar-refractivity contribution in [1.29, 1.82) is 0 Å². The summed E-state index contributed by atoms with van der Waals surface area (Å²) in [7, 11) is 1.63. The van der Waals surface area contributed by atoms with Gasteiger partial charge in [-0.2, -0.15) is 0 Å². The van der Waals surface area contributed by atoms with Crippen LogP contribution >= 0.6 is 11.6 Å². The quantitative estimate of drug-likeness (QED) is 0.723. The molecule has 3 rings (SSSR count). The summed E-state index contributed by atoms with van der Waals surface area (Å²) in [6.45, 7) is 2.65. The second-order valence-electron chi connectivity index (χ2n) is 6.67. The van der Waals surface area contributed by atoms with E-state index >= 15 is 0 Å². The summed E-state index contributed by atoms with van der Waals surface area (Å²) in [6, 6.07) is 15.7. The normalized spacial score (nSPS) is 15.8. The lowest BCUT2D eigenvalue weighted by Gasteiger charge is -2.28. The van der Waals surface area contributed by atoms with Crippen molar-refractivity contribution in [2.24, 2.45) is 0 Å². The van der Waals surface area contributed by atoms with E-state index in [9.17, 15) is 4.79 Å². The van der Waals surface area contributed by atoms with Crippen molar-refractivity contribution in [2.45, 2.75) is 18.9 Å². The van der Waals surface area contributed by atoms with E-state index in [0.717, 1.165) is 35.0 Å². The van der Waals surface area contributed by atoms with Gasteiger partial charge in [0.2, 0.25) is 5.91 Å². The van der Waals surface area contributed by atoms with Crippen LogP contribution < -0.4 is 10.1 Å². The molecule has 142 valence electrons. The molecule has 2 aromatic carbocycles. The Morgan fingerprint density at radius 1 is 1.22 bits per heavy atom. The summed E-state index contributed by atoms with van der Waals surface area (Å²) in [6.07, 6.45) is 5.75. The SMILES string of the molecule is COc1cccc(/C=C/C(=O)NC[C@H](c2cccc(Cl)c2)N2CCCC2)c1. The van der Waals surface area contributed by atoms with Crippen molar-refractivity contribution >= 4 is 23.6 Å². The Balaban J connectivity index is 1.64. The molecular formula is C22H25ClN2O2. The number of hydrogen-bond donors (Lipinski definition) is 1. The first-order valence-electron chi connectivity index (χ1n) is 9.25. The van der Waals surface area contributed by atoms with E-state index in [4.69, 9.17) is 16.3 Å². The number of hydrogen-bond acceptors (Lipinski definition) is 3. The number of methoxy groups -OCH3 is 1. The van der Waals surface area contributed by atoms with Gasteiger partial charge < -0.3 is 10.1 Å². The largest absolute Gasteiger partial charge is 0.497 e. The fraction of sp³-hybridized carbons (Fsp3) is 0.318. The molecule has 5 heteroatoms. The Kier molecular flexibility index (Phi) is 6.91. The Morgan fingerprint density at radius 2 is 2.00 bits per heavy atom. The van der Waals surface area contributed by atoms with Gasteiger partial charge in [0.1, 0.15) is 5.75 Å². The molecular weight excluding hydrogens is 360 g/mol. The summed E-state index contributed by atoms with van der Waals surface area (Å²) in [5.41, 5.74) is 2.07. The highest BCUT2D eigenvalue weighted by Crippen LogP contribution is 2.26. The number of amides is 1. The Labute approximate surface area is 165 Å². The fourth-order valence-corrected chi connectivity index (χ4v) is 3.60. The zero-order chi connectivity index (χ0) is 19.1. The third-order valence-corrected chi connectivity index (χ3v) is 5.04. The maximum atomic E-state index is 12.3. The van der Waals surface area contributed by atoms with Crippen LogP contribution in [0.15, 0.2) is 54.6 Å². The summed E-state index contributed by atoms with van der Waals surface area (Å²) in [4.78, 5) is 14.7. The van der Waals surface area contributed by atoms with Gasteiger partial charge in [-0.05, 0) is 67.4 Å². The molecule has 0 spiro atoms. The van der Waals surface area contributed by atoms with E-state index in [2.05, 4.69) is 16.3 Å². The van der Waals surface area contributed by atoms with Crippen molar-refractivity contribution in [3.63, 3.8) is 0 Å². The van der Waals surface area contributed by atoms with Gasteiger partial charge >= 0.3 is 0 Å². The zero-order valence-electron chi connectivity index (χ0n) is 15.5. The van der Waals surface area contributed by atoms with Crippen LogP contribution in [0.4, 0.5) is 0 Å². The maximum absolute atomic E-state index is 12.3. The second-order valence-corrected chi connectivity index (χ2v) is 7.11. The monoisotopic (exact) mass is 384 g/mol. The van der Waals surface area contributed by atoms with E-state index in [0.29, 0.717) is 6.54 Å². The number of rotatable bonds is 7. The summed E-state index contributed by atoms with van der Waals surface area (Å²) < 4.78 is 5.21. The first-order chi connectivity index (χ1) is 13.2. The molecule has 1 N–H and O–H groups in total. The van der Waals surface area contributed by atoms with Crippen molar-refractivity contribution in [3.8, 4) is 5.75 Å². The van der Waals surface area contributed by atoms with Gasteiger partial charge in [-0.3, -0.25) is 9.69 Å². The van der Waals surface area contributed by atoms with Gasteiger partial charge in [-0.15, -0.1) is 0 Å². The number of benzene rings is 2. The smallest absolute Gasteiger partial charge is 0.244 e. The highest BCUT2D eigenvalue weighted by atomic mass is 35.5. The molecule has 0 saturated carbocycles. The van der Waals surface area contributed by atoms with Crippen LogP contribution in [0.3, 0.4) is 0 Å². The molecule has 2 aromatic rings. The maximum Gasteiger partial charge on any atom is 0.244 e. The van der Waals surface area contributed by atoms with Crippen molar-refractivity contribution in [3.05, 3.63) is 70.8 Å². The third kappa shape index (κ3) is 5.59. The number of carbonyl (C=O) groups is 1. The van der Waals surface area contributed by atoms with Crippen molar-refractivity contribution < 1.29 is 9.53 Å². The minimum absolute atomic E-state index is 0.107. The minimum atomic E-state index is -0.107. The molecule has 27 heavy (non-hydrogen) atoms. The molecule has 1 saturated heterocycles. The molecule has 1 heterocycles. The number of halogens is 1. The summed E-state index contributed by atoms with van der Waals surface area (Å²) in [5.74, 6) is 0.664. The lowest BCUT2D eigenvalue weighted by molar-refractivity contribution is -0.116. The highest BCUT2D eigenvalue weighted by molar-refractivity contribution is 6.30. The van der Waals surface area contributed by atoms with Crippen LogP contribution in [0.25, 0.3) is 6.08 Å². The van der Waals surface area contributed by atoms with Crippen LogP contribution in [-0.2, 0) is 4.79 Å². The molecule has 0 unspecified atom stereocenters. The molecule has 1 amide bonds. The summed E-state index contributed by atoms with van der Waals surface area (Å²) in [5, 5.41) is 3.76. The van der Waals surface area contributed by atoms with Crippen LogP contribution in [0, 0.1) is 0 Å². The van der Waals surface area contributed by atoms with Gasteiger partial charge in [-0.1, -0.05) is 35.9 Å². The molecule has 1 fully saturated rings. The van der Waals surface area contributed by atoms with Crippen LogP contribution in [-0.4, -0.2) is 37.6 Å². The molecule has 1 aliphatic heterocycles. The molecule has 1 aliphatic rings. The van der Waals surface area contributed by atoms with Crippen molar-refractivity contribution in [2.75, 3.05) is 26.7 Å². The molecule has 1 atom stereocenters. The second kappa shape index (κ2) is 9.58. The van der Waals surface area contributed by atoms with Crippen molar-refractivity contribution in [1.82, 2.24) is 10.2 Å². The van der Waals surface area contributed by atoms with Crippen LogP contribution in [0.1, 0.15) is 30.0 Å². The first-order valence-corrected chi connectivity index (χ1v) is 9.63. The molecule has 0 aromatic heterocycles. The number of ether oxygens (including phenoxy) is 1. The minimum Gasteiger partial charge on any atom is -0.497 e. The number of likely N-dealkylation sites (tertiary alicyclic amines) is 1. The van der Waals surface area contributed by atoms with Gasteiger partial charge in [0.05, 0.1) is 13.2 Å². The van der Waals surface area contributed by atoms with Gasteiger partial charge in [-0.25, -0.2) is 0 Å². The molecule has 4 nitrogen and oxygen atoms in total. The standard InChI is InChI=1S/C22H25ClN2O2/c1-27-20-9-4-6-17(14-20)10-11-22(26)24-16-21(25-12-2-3-13-25)18-7-5-8-19(23)15-18/h4-11,14-15,21H,2-3,12-13,16H2,1H3,(H,24,26)/b11-10+/t21-/m1/s1. The zero-order valence-corrected chi connectivity index (χ0v) is 16.3. The van der Waals surface area contributed by atoms with E-state index in [1.54, 1.807) is 19.3 Å².